The van der Waals surface area contributed by atoms with E-state index >= 15 is 0 Å². The van der Waals surface area contributed by atoms with Crippen LogP contribution in [-0.2, 0) is 16.1 Å². The number of methoxy groups -OCH3 is 1. The van der Waals surface area contributed by atoms with Gasteiger partial charge in [-0.1, -0.05) is 19.1 Å². The number of rotatable bonds is 6. The van der Waals surface area contributed by atoms with Crippen LogP contribution in [-0.4, -0.2) is 30.1 Å². The number of carbonyl (C=O) groups is 2. The van der Waals surface area contributed by atoms with Crippen LogP contribution in [0.15, 0.2) is 34.7 Å². The number of hydrogen-bond acceptors (Lipinski definition) is 4. The molecule has 0 unspecified atom stereocenters. The Hall–Kier alpha value is -2.86. The number of anilines is 1. The Morgan fingerprint density at radius 1 is 1.09 bits per heavy atom. The van der Waals surface area contributed by atoms with Gasteiger partial charge < -0.3 is 19.2 Å². The monoisotopic (exact) mass is 437 g/mol. The SMILES string of the molecule is COCc1ccc2c(c1)oc1cc(C(=O)O)c(N(C(=O)[C@H]3CC[C@H](C)CC3)C(C)C)cc12. The van der Waals surface area contributed by atoms with Crippen LogP contribution in [0.1, 0.15) is 62.4 Å². The van der Waals surface area contributed by atoms with Crippen molar-refractivity contribution >= 4 is 39.5 Å². The number of nitrogens with zero attached hydrogens (tertiary/aromatic N) is 1. The molecule has 0 bridgehead atoms. The summed E-state index contributed by atoms with van der Waals surface area (Å²) in [5, 5.41) is 11.7. The van der Waals surface area contributed by atoms with Crippen LogP contribution in [0.25, 0.3) is 21.9 Å². The van der Waals surface area contributed by atoms with Crippen molar-refractivity contribution < 1.29 is 23.8 Å². The molecule has 4 rings (SSSR count). The molecule has 0 saturated heterocycles. The maximum absolute atomic E-state index is 13.6. The van der Waals surface area contributed by atoms with Gasteiger partial charge in [0.25, 0.3) is 0 Å². The molecule has 2 aromatic carbocycles. The fourth-order valence-electron chi connectivity index (χ4n) is 4.84. The van der Waals surface area contributed by atoms with Crippen LogP contribution in [0, 0.1) is 11.8 Å². The third-order valence-electron chi connectivity index (χ3n) is 6.57. The minimum absolute atomic E-state index is 0.0175. The van der Waals surface area contributed by atoms with Crippen LogP contribution in [0.3, 0.4) is 0 Å². The predicted molar refractivity (Wildman–Crippen MR) is 125 cm³/mol. The van der Waals surface area contributed by atoms with Crippen LogP contribution >= 0.6 is 0 Å². The third kappa shape index (κ3) is 4.11. The molecule has 6 heteroatoms. The molecule has 1 N–H and O–H groups in total. The number of amides is 1. The molecule has 1 aliphatic carbocycles. The molecule has 0 radical (unpaired) electrons. The van der Waals surface area contributed by atoms with E-state index in [9.17, 15) is 14.7 Å². The van der Waals surface area contributed by atoms with Crippen LogP contribution < -0.4 is 4.90 Å². The van der Waals surface area contributed by atoms with Gasteiger partial charge in [0, 0.05) is 29.8 Å². The maximum Gasteiger partial charge on any atom is 0.337 e. The number of benzene rings is 2. The first-order valence-corrected chi connectivity index (χ1v) is 11.3. The molecule has 0 atom stereocenters. The lowest BCUT2D eigenvalue weighted by Gasteiger charge is -2.34. The van der Waals surface area contributed by atoms with E-state index in [0.717, 1.165) is 42.0 Å². The Morgan fingerprint density at radius 2 is 1.78 bits per heavy atom. The number of hydrogen-bond donors (Lipinski definition) is 1. The summed E-state index contributed by atoms with van der Waals surface area (Å²) in [7, 11) is 1.64. The lowest BCUT2D eigenvalue weighted by molar-refractivity contribution is -0.123. The largest absolute Gasteiger partial charge is 0.478 e. The number of carboxylic acids is 1. The van der Waals surface area contributed by atoms with Crippen LogP contribution in [0.4, 0.5) is 5.69 Å². The van der Waals surface area contributed by atoms with Gasteiger partial charge in [-0.25, -0.2) is 4.79 Å². The first-order valence-electron chi connectivity index (χ1n) is 11.3. The topological polar surface area (TPSA) is 80.0 Å². The van der Waals surface area contributed by atoms with Crippen molar-refractivity contribution in [1.29, 1.82) is 0 Å². The zero-order chi connectivity index (χ0) is 23.0. The molecule has 1 amide bonds. The van der Waals surface area contributed by atoms with Crippen LogP contribution in [0.2, 0.25) is 0 Å². The number of ether oxygens (including phenoxy) is 1. The number of fused-ring (bicyclic) bond motifs is 3. The summed E-state index contributed by atoms with van der Waals surface area (Å²) in [5.74, 6) is -0.483. The van der Waals surface area contributed by atoms with Gasteiger partial charge in [-0.3, -0.25) is 4.79 Å². The van der Waals surface area contributed by atoms with E-state index in [2.05, 4.69) is 6.92 Å². The Morgan fingerprint density at radius 3 is 2.41 bits per heavy atom. The second kappa shape index (κ2) is 8.94. The van der Waals surface area contributed by atoms with Crippen molar-refractivity contribution in [2.24, 2.45) is 11.8 Å². The second-order valence-electron chi connectivity index (χ2n) is 9.30. The number of carboxylic acid groups (broad SMARTS) is 1. The molecule has 3 aromatic rings. The Bertz CT molecular complexity index is 1150. The average molecular weight is 438 g/mol. The maximum atomic E-state index is 13.6. The summed E-state index contributed by atoms with van der Waals surface area (Å²) < 4.78 is 11.2. The second-order valence-corrected chi connectivity index (χ2v) is 9.30. The molecule has 1 fully saturated rings. The summed E-state index contributed by atoms with van der Waals surface area (Å²) in [6, 6.07) is 9.04. The van der Waals surface area contributed by atoms with E-state index < -0.39 is 5.97 Å². The molecular weight excluding hydrogens is 406 g/mol. The lowest BCUT2D eigenvalue weighted by atomic mass is 9.82. The van der Waals surface area contributed by atoms with E-state index in [0.29, 0.717) is 29.4 Å². The molecule has 1 aliphatic rings. The quantitative estimate of drug-likeness (QED) is 0.512. The standard InChI is InChI=1S/C26H31NO5/c1-15(2)27(25(28)18-8-5-16(3)6-9-18)22-12-20-19-10-7-17(14-31-4)11-23(19)32-24(20)13-21(22)26(29)30/h7,10-13,15-16,18H,5-6,8-9,14H2,1-4H3,(H,29,30)/t16-,18-. The fourth-order valence-corrected chi connectivity index (χ4v) is 4.84. The predicted octanol–water partition coefficient (Wildman–Crippen LogP) is 6.00. The first-order chi connectivity index (χ1) is 15.3. The fraction of sp³-hybridized carbons (Fsp3) is 0.462. The minimum Gasteiger partial charge on any atom is -0.478 e. The summed E-state index contributed by atoms with van der Waals surface area (Å²) in [4.78, 5) is 27.4. The highest BCUT2D eigenvalue weighted by atomic mass is 16.5. The molecule has 0 aliphatic heterocycles. The van der Waals surface area contributed by atoms with Gasteiger partial charge in [0.1, 0.15) is 11.2 Å². The van der Waals surface area contributed by atoms with Crippen molar-refractivity contribution in [1.82, 2.24) is 0 Å². The van der Waals surface area contributed by atoms with E-state index in [4.69, 9.17) is 9.15 Å². The van der Waals surface area contributed by atoms with Gasteiger partial charge in [-0.2, -0.15) is 0 Å². The van der Waals surface area contributed by atoms with Crippen molar-refractivity contribution in [3.8, 4) is 0 Å². The summed E-state index contributed by atoms with van der Waals surface area (Å²) in [5.41, 5.74) is 2.67. The zero-order valence-corrected chi connectivity index (χ0v) is 19.2. The molecule has 1 aromatic heterocycles. The molecule has 1 saturated carbocycles. The van der Waals surface area contributed by atoms with Gasteiger partial charge in [0.05, 0.1) is 17.9 Å². The Labute approximate surface area is 188 Å². The van der Waals surface area contributed by atoms with E-state index in [1.807, 2.05) is 38.1 Å². The third-order valence-corrected chi connectivity index (χ3v) is 6.57. The van der Waals surface area contributed by atoms with Gasteiger partial charge in [-0.15, -0.1) is 0 Å². The normalized spacial score (nSPS) is 19.0. The molecular formula is C26H31NO5. The molecule has 0 spiro atoms. The number of carbonyl (C=O) groups excluding carboxylic acids is 1. The minimum atomic E-state index is -1.07. The van der Waals surface area contributed by atoms with E-state index in [-0.39, 0.29) is 23.4 Å². The Kier molecular flexibility index (Phi) is 6.24. The first kappa shape index (κ1) is 22.3. The Balaban J connectivity index is 1.84. The summed E-state index contributed by atoms with van der Waals surface area (Å²) >= 11 is 0. The molecule has 170 valence electrons. The number of aromatic carboxylic acids is 1. The van der Waals surface area contributed by atoms with E-state index in [1.165, 1.54) is 0 Å². The average Bonchev–Trinajstić information content (AvgIpc) is 3.10. The van der Waals surface area contributed by atoms with Gasteiger partial charge in [-0.05, 0) is 69.2 Å². The molecule has 32 heavy (non-hydrogen) atoms. The zero-order valence-electron chi connectivity index (χ0n) is 19.2. The molecule has 1 heterocycles. The van der Waals surface area contributed by atoms with Crippen molar-refractivity contribution in [2.75, 3.05) is 12.0 Å². The molecule has 6 nitrogen and oxygen atoms in total. The summed E-state index contributed by atoms with van der Waals surface area (Å²) in [6.07, 6.45) is 3.77. The van der Waals surface area contributed by atoms with Crippen molar-refractivity contribution in [2.45, 2.75) is 59.1 Å². The van der Waals surface area contributed by atoms with Gasteiger partial charge >= 0.3 is 5.97 Å². The van der Waals surface area contributed by atoms with Gasteiger partial charge in [0.15, 0.2) is 0 Å². The number of furan rings is 1. The highest BCUT2D eigenvalue weighted by Crippen LogP contribution is 2.38. The van der Waals surface area contributed by atoms with Crippen molar-refractivity contribution in [3.05, 3.63) is 41.5 Å². The van der Waals surface area contributed by atoms with Crippen molar-refractivity contribution in [3.63, 3.8) is 0 Å². The van der Waals surface area contributed by atoms with Gasteiger partial charge in [0.2, 0.25) is 5.91 Å². The highest BCUT2D eigenvalue weighted by Gasteiger charge is 2.32. The highest BCUT2D eigenvalue weighted by molar-refractivity contribution is 6.12. The smallest absolute Gasteiger partial charge is 0.337 e. The van der Waals surface area contributed by atoms with Crippen LogP contribution in [0.5, 0.6) is 0 Å². The lowest BCUT2D eigenvalue weighted by Crippen LogP contribution is -2.42. The van der Waals surface area contributed by atoms with E-state index in [1.54, 1.807) is 18.1 Å². The summed E-state index contributed by atoms with van der Waals surface area (Å²) in [6.45, 7) is 6.56.